The average Bonchev–Trinajstić information content (AvgIpc) is 2.44. The van der Waals surface area contributed by atoms with Gasteiger partial charge in [-0.1, -0.05) is 15.9 Å². The Labute approximate surface area is 129 Å². The van der Waals surface area contributed by atoms with E-state index >= 15 is 0 Å². The SMILES string of the molecule is COCCOC1C(Br)CC1Oc1ccc(F)cc1[N+](=O)[O-]. The Hall–Kier alpha value is -1.25. The fraction of sp³-hybridized carbons (Fsp3) is 0.538. The monoisotopic (exact) mass is 363 g/mol. The summed E-state index contributed by atoms with van der Waals surface area (Å²) in [6, 6.07) is 3.25. The summed E-state index contributed by atoms with van der Waals surface area (Å²) in [5, 5.41) is 10.9. The van der Waals surface area contributed by atoms with Crippen molar-refractivity contribution in [2.45, 2.75) is 23.5 Å². The molecule has 1 aromatic rings. The Morgan fingerprint density at radius 3 is 2.86 bits per heavy atom. The van der Waals surface area contributed by atoms with Crippen LogP contribution >= 0.6 is 15.9 Å². The van der Waals surface area contributed by atoms with Gasteiger partial charge in [-0.3, -0.25) is 10.1 Å². The topological polar surface area (TPSA) is 70.8 Å². The molecule has 0 aliphatic heterocycles. The van der Waals surface area contributed by atoms with Crippen LogP contribution in [0.15, 0.2) is 18.2 Å². The van der Waals surface area contributed by atoms with Gasteiger partial charge in [-0.15, -0.1) is 0 Å². The van der Waals surface area contributed by atoms with Crippen LogP contribution in [0.3, 0.4) is 0 Å². The first-order valence-electron chi connectivity index (χ1n) is 6.38. The van der Waals surface area contributed by atoms with E-state index in [0.717, 1.165) is 12.1 Å². The van der Waals surface area contributed by atoms with Crippen molar-refractivity contribution in [3.05, 3.63) is 34.1 Å². The van der Waals surface area contributed by atoms with E-state index in [9.17, 15) is 14.5 Å². The van der Waals surface area contributed by atoms with Crippen LogP contribution in [0.4, 0.5) is 10.1 Å². The Kier molecular flexibility index (Phi) is 5.49. The average molecular weight is 364 g/mol. The third kappa shape index (κ3) is 3.90. The van der Waals surface area contributed by atoms with Gasteiger partial charge in [0, 0.05) is 18.4 Å². The second kappa shape index (κ2) is 7.15. The zero-order valence-electron chi connectivity index (χ0n) is 11.3. The molecule has 0 aromatic heterocycles. The number of halogens is 2. The molecule has 6 nitrogen and oxygen atoms in total. The first-order valence-corrected chi connectivity index (χ1v) is 7.29. The quantitative estimate of drug-likeness (QED) is 0.322. The molecule has 3 unspecified atom stereocenters. The summed E-state index contributed by atoms with van der Waals surface area (Å²) < 4.78 is 29.2. The van der Waals surface area contributed by atoms with Gasteiger partial charge in [0.15, 0.2) is 5.75 Å². The van der Waals surface area contributed by atoms with Gasteiger partial charge in [-0.25, -0.2) is 4.39 Å². The molecule has 0 bridgehead atoms. The number of hydrogen-bond acceptors (Lipinski definition) is 5. The van der Waals surface area contributed by atoms with Gasteiger partial charge in [-0.2, -0.15) is 0 Å². The molecule has 0 radical (unpaired) electrons. The van der Waals surface area contributed by atoms with Crippen molar-refractivity contribution in [1.82, 2.24) is 0 Å². The lowest BCUT2D eigenvalue weighted by Gasteiger charge is -2.40. The van der Waals surface area contributed by atoms with E-state index in [0.29, 0.717) is 19.6 Å². The van der Waals surface area contributed by atoms with E-state index in [1.54, 1.807) is 7.11 Å². The number of nitro benzene ring substituents is 1. The molecule has 1 aliphatic rings. The minimum atomic E-state index is -0.672. The zero-order valence-corrected chi connectivity index (χ0v) is 12.9. The molecule has 0 spiro atoms. The molecule has 2 rings (SSSR count). The van der Waals surface area contributed by atoms with Crippen LogP contribution in [0.2, 0.25) is 0 Å². The van der Waals surface area contributed by atoms with Gasteiger partial charge in [0.2, 0.25) is 0 Å². The fourth-order valence-corrected chi connectivity index (χ4v) is 2.88. The molecule has 1 fully saturated rings. The Balaban J connectivity index is 2.03. The number of nitrogens with zero attached hydrogens (tertiary/aromatic N) is 1. The highest BCUT2D eigenvalue weighted by molar-refractivity contribution is 9.09. The van der Waals surface area contributed by atoms with E-state index in [1.165, 1.54) is 6.07 Å². The molecule has 1 aromatic carbocycles. The van der Waals surface area contributed by atoms with Crippen LogP contribution in [0.1, 0.15) is 6.42 Å². The third-order valence-electron chi connectivity index (χ3n) is 3.17. The zero-order chi connectivity index (χ0) is 15.4. The summed E-state index contributed by atoms with van der Waals surface area (Å²) in [7, 11) is 1.58. The fourth-order valence-electron chi connectivity index (χ4n) is 2.02. The van der Waals surface area contributed by atoms with Gasteiger partial charge in [0.05, 0.1) is 24.2 Å². The molecule has 116 valence electrons. The predicted molar refractivity (Wildman–Crippen MR) is 76.4 cm³/mol. The molecule has 8 heteroatoms. The van der Waals surface area contributed by atoms with E-state index < -0.39 is 10.7 Å². The van der Waals surface area contributed by atoms with Gasteiger partial charge < -0.3 is 14.2 Å². The van der Waals surface area contributed by atoms with Crippen molar-refractivity contribution >= 4 is 21.6 Å². The van der Waals surface area contributed by atoms with Crippen molar-refractivity contribution in [2.75, 3.05) is 20.3 Å². The highest BCUT2D eigenvalue weighted by Crippen LogP contribution is 2.37. The Bertz CT molecular complexity index is 515. The van der Waals surface area contributed by atoms with Crippen LogP contribution in [0.5, 0.6) is 5.75 Å². The lowest BCUT2D eigenvalue weighted by molar-refractivity contribution is -0.386. The molecular formula is C13H15BrFNO5. The normalized spacial score (nSPS) is 24.4. The highest BCUT2D eigenvalue weighted by Gasteiger charge is 2.43. The van der Waals surface area contributed by atoms with E-state index in [1.807, 2.05) is 0 Å². The number of methoxy groups -OCH3 is 1. The van der Waals surface area contributed by atoms with Crippen LogP contribution in [-0.4, -0.2) is 42.3 Å². The van der Waals surface area contributed by atoms with Gasteiger partial charge >= 0.3 is 5.69 Å². The third-order valence-corrected chi connectivity index (χ3v) is 4.07. The van der Waals surface area contributed by atoms with Gasteiger partial charge in [-0.05, 0) is 12.1 Å². The smallest absolute Gasteiger partial charge is 0.313 e. The van der Waals surface area contributed by atoms with E-state index in [-0.39, 0.29) is 28.5 Å². The maximum atomic E-state index is 13.1. The number of hydrogen-bond donors (Lipinski definition) is 0. The number of alkyl halides is 1. The summed E-state index contributed by atoms with van der Waals surface area (Å²) in [5.41, 5.74) is -0.385. The summed E-state index contributed by atoms with van der Waals surface area (Å²) in [6.45, 7) is 0.869. The number of benzene rings is 1. The van der Waals surface area contributed by atoms with Crippen LogP contribution in [0, 0.1) is 15.9 Å². The Morgan fingerprint density at radius 2 is 2.24 bits per heavy atom. The molecular weight excluding hydrogens is 349 g/mol. The van der Waals surface area contributed by atoms with Crippen molar-refractivity contribution in [3.63, 3.8) is 0 Å². The van der Waals surface area contributed by atoms with Crippen molar-refractivity contribution in [1.29, 1.82) is 0 Å². The summed E-state index contributed by atoms with van der Waals surface area (Å²) in [6.07, 6.45) is 0.131. The maximum absolute atomic E-state index is 13.1. The minimum absolute atomic E-state index is 0.0474. The van der Waals surface area contributed by atoms with E-state index in [2.05, 4.69) is 15.9 Å². The number of ether oxygens (including phenoxy) is 3. The number of nitro groups is 1. The van der Waals surface area contributed by atoms with Crippen LogP contribution in [-0.2, 0) is 9.47 Å². The summed E-state index contributed by atoms with van der Waals surface area (Å²) in [4.78, 5) is 10.4. The second-order valence-corrected chi connectivity index (χ2v) is 5.78. The van der Waals surface area contributed by atoms with Crippen molar-refractivity contribution < 1.29 is 23.5 Å². The molecule has 0 N–H and O–H groups in total. The molecule has 0 heterocycles. The van der Waals surface area contributed by atoms with Crippen molar-refractivity contribution in [2.24, 2.45) is 0 Å². The lowest BCUT2D eigenvalue weighted by Crippen LogP contribution is -2.52. The lowest BCUT2D eigenvalue weighted by atomic mass is 9.91. The Morgan fingerprint density at radius 1 is 1.48 bits per heavy atom. The first-order chi connectivity index (χ1) is 10.0. The van der Waals surface area contributed by atoms with Crippen LogP contribution in [0.25, 0.3) is 0 Å². The van der Waals surface area contributed by atoms with Crippen molar-refractivity contribution in [3.8, 4) is 5.75 Å². The highest BCUT2D eigenvalue weighted by atomic mass is 79.9. The van der Waals surface area contributed by atoms with Gasteiger partial charge in [0.1, 0.15) is 18.0 Å². The molecule has 3 atom stereocenters. The molecule has 0 amide bonds. The molecule has 1 aliphatic carbocycles. The van der Waals surface area contributed by atoms with E-state index in [4.69, 9.17) is 14.2 Å². The minimum Gasteiger partial charge on any atom is -0.481 e. The molecule has 1 saturated carbocycles. The van der Waals surface area contributed by atoms with Gasteiger partial charge in [0.25, 0.3) is 0 Å². The largest absolute Gasteiger partial charge is 0.481 e. The number of rotatable bonds is 7. The second-order valence-electron chi connectivity index (χ2n) is 4.61. The first kappa shape index (κ1) is 16.1. The summed E-state index contributed by atoms with van der Waals surface area (Å²) >= 11 is 3.45. The summed E-state index contributed by atoms with van der Waals surface area (Å²) in [5.74, 6) is -0.625. The van der Waals surface area contributed by atoms with Crippen LogP contribution < -0.4 is 4.74 Å². The predicted octanol–water partition coefficient (Wildman–Crippen LogP) is 2.68. The molecule has 21 heavy (non-hydrogen) atoms. The molecule has 0 saturated heterocycles. The standard InChI is InChI=1S/C13H15BrFNO5/c1-19-4-5-20-13-9(14)7-12(13)21-11-3-2-8(15)6-10(11)16(17)18/h2-3,6,9,12-13H,4-5,7H2,1H3. The maximum Gasteiger partial charge on any atom is 0.313 e.